The van der Waals surface area contributed by atoms with Crippen LogP contribution in [0.4, 0.5) is 0 Å². The van der Waals surface area contributed by atoms with Crippen LogP contribution in [0.15, 0.2) is 24.3 Å². The smallest absolute Gasteiger partial charge is 0.0991 e. The number of hydrogen-bond acceptors (Lipinski definition) is 3. The van der Waals surface area contributed by atoms with E-state index in [1.807, 2.05) is 12.1 Å². The van der Waals surface area contributed by atoms with E-state index >= 15 is 0 Å². The van der Waals surface area contributed by atoms with Crippen LogP contribution in [0.25, 0.3) is 0 Å². The standard InChI is InChI=1S/C17H24N2O/c1-13-4-3-5-16(10-13)19(2)12-17(20)15-8-6-14(11-18)7-9-15/h6-9,13,16-17,20H,3-5,10,12H2,1-2H3. The van der Waals surface area contributed by atoms with E-state index in [1.54, 1.807) is 12.1 Å². The lowest BCUT2D eigenvalue weighted by Gasteiger charge is -2.35. The summed E-state index contributed by atoms with van der Waals surface area (Å²) in [6.07, 6.45) is 4.62. The van der Waals surface area contributed by atoms with Crippen molar-refractivity contribution in [1.29, 1.82) is 5.26 Å². The van der Waals surface area contributed by atoms with Crippen molar-refractivity contribution in [3.63, 3.8) is 0 Å². The summed E-state index contributed by atoms with van der Waals surface area (Å²) in [6, 6.07) is 9.91. The van der Waals surface area contributed by atoms with E-state index in [2.05, 4.69) is 24.9 Å². The largest absolute Gasteiger partial charge is 0.387 e. The number of nitriles is 1. The van der Waals surface area contributed by atoms with Crippen molar-refractivity contribution in [2.45, 2.75) is 44.8 Å². The second-order valence-corrected chi connectivity index (χ2v) is 6.11. The van der Waals surface area contributed by atoms with E-state index in [1.165, 1.54) is 25.7 Å². The monoisotopic (exact) mass is 272 g/mol. The van der Waals surface area contributed by atoms with Crippen LogP contribution in [0.5, 0.6) is 0 Å². The van der Waals surface area contributed by atoms with Crippen LogP contribution in [-0.2, 0) is 0 Å². The summed E-state index contributed by atoms with van der Waals surface area (Å²) in [6.45, 7) is 2.97. The van der Waals surface area contributed by atoms with Crippen LogP contribution in [0, 0.1) is 17.2 Å². The van der Waals surface area contributed by atoms with Crippen molar-refractivity contribution in [3.05, 3.63) is 35.4 Å². The fourth-order valence-corrected chi connectivity index (χ4v) is 3.11. The number of likely N-dealkylation sites (N-methyl/N-ethyl adjacent to an activating group) is 1. The third-order valence-corrected chi connectivity index (χ3v) is 4.42. The molecule has 20 heavy (non-hydrogen) atoms. The molecule has 108 valence electrons. The Kier molecular flexibility index (Phi) is 5.17. The molecule has 1 saturated carbocycles. The molecule has 1 aliphatic carbocycles. The molecule has 1 N–H and O–H groups in total. The van der Waals surface area contributed by atoms with Crippen molar-refractivity contribution in [3.8, 4) is 6.07 Å². The first kappa shape index (κ1) is 15.0. The van der Waals surface area contributed by atoms with Gasteiger partial charge in [0.2, 0.25) is 0 Å². The highest BCUT2D eigenvalue weighted by Crippen LogP contribution is 2.27. The van der Waals surface area contributed by atoms with Gasteiger partial charge in [-0.25, -0.2) is 0 Å². The summed E-state index contributed by atoms with van der Waals surface area (Å²) in [7, 11) is 2.11. The van der Waals surface area contributed by atoms with Crippen LogP contribution in [0.3, 0.4) is 0 Å². The summed E-state index contributed by atoms with van der Waals surface area (Å²) in [5.41, 5.74) is 1.52. The predicted octanol–water partition coefficient (Wildman–Crippen LogP) is 3.10. The molecule has 0 heterocycles. The molecule has 0 radical (unpaired) electrons. The first-order valence-electron chi connectivity index (χ1n) is 7.48. The van der Waals surface area contributed by atoms with E-state index in [9.17, 15) is 5.11 Å². The lowest BCUT2D eigenvalue weighted by molar-refractivity contribution is 0.0831. The third-order valence-electron chi connectivity index (χ3n) is 4.42. The number of rotatable bonds is 4. The van der Waals surface area contributed by atoms with Crippen LogP contribution in [-0.4, -0.2) is 29.6 Å². The first-order valence-corrected chi connectivity index (χ1v) is 7.48. The molecule has 0 saturated heterocycles. The maximum Gasteiger partial charge on any atom is 0.0991 e. The molecule has 1 fully saturated rings. The molecule has 0 bridgehead atoms. The number of aliphatic hydroxyl groups is 1. The Hall–Kier alpha value is -1.37. The molecule has 1 aliphatic rings. The van der Waals surface area contributed by atoms with Gasteiger partial charge in [0, 0.05) is 12.6 Å². The van der Waals surface area contributed by atoms with E-state index < -0.39 is 6.10 Å². The van der Waals surface area contributed by atoms with Gasteiger partial charge in [0.25, 0.3) is 0 Å². The van der Waals surface area contributed by atoms with Crippen molar-refractivity contribution in [1.82, 2.24) is 4.90 Å². The van der Waals surface area contributed by atoms with Gasteiger partial charge < -0.3 is 10.0 Å². The fourth-order valence-electron chi connectivity index (χ4n) is 3.11. The van der Waals surface area contributed by atoms with Gasteiger partial charge in [-0.05, 0) is 43.5 Å². The zero-order chi connectivity index (χ0) is 14.5. The number of nitrogens with zero attached hydrogens (tertiary/aromatic N) is 2. The molecule has 0 amide bonds. The molecular weight excluding hydrogens is 248 g/mol. The van der Waals surface area contributed by atoms with E-state index in [0.717, 1.165) is 11.5 Å². The van der Waals surface area contributed by atoms with Crippen molar-refractivity contribution >= 4 is 0 Å². The normalized spacial score (nSPS) is 24.4. The molecule has 2 rings (SSSR count). The van der Waals surface area contributed by atoms with Gasteiger partial charge in [0.1, 0.15) is 0 Å². The molecule has 3 heteroatoms. The summed E-state index contributed by atoms with van der Waals surface area (Å²) in [4.78, 5) is 2.29. The maximum atomic E-state index is 10.3. The Balaban J connectivity index is 1.92. The Morgan fingerprint density at radius 2 is 2.05 bits per heavy atom. The highest BCUT2D eigenvalue weighted by molar-refractivity contribution is 5.32. The third kappa shape index (κ3) is 3.82. The molecule has 0 aromatic heterocycles. The number of benzene rings is 1. The predicted molar refractivity (Wildman–Crippen MR) is 80.2 cm³/mol. The average Bonchev–Trinajstić information content (AvgIpc) is 2.47. The molecule has 0 aliphatic heterocycles. The quantitative estimate of drug-likeness (QED) is 0.916. The van der Waals surface area contributed by atoms with Crippen LogP contribution < -0.4 is 0 Å². The molecule has 3 nitrogen and oxygen atoms in total. The van der Waals surface area contributed by atoms with Crippen molar-refractivity contribution in [2.24, 2.45) is 5.92 Å². The summed E-state index contributed by atoms with van der Waals surface area (Å²) < 4.78 is 0. The Morgan fingerprint density at radius 3 is 2.65 bits per heavy atom. The number of aliphatic hydroxyl groups excluding tert-OH is 1. The molecule has 3 atom stereocenters. The molecule has 1 aromatic rings. The van der Waals surface area contributed by atoms with E-state index in [-0.39, 0.29) is 0 Å². The minimum atomic E-state index is -0.482. The summed E-state index contributed by atoms with van der Waals surface area (Å²) >= 11 is 0. The summed E-state index contributed by atoms with van der Waals surface area (Å²) in [5.74, 6) is 0.795. The second-order valence-electron chi connectivity index (χ2n) is 6.11. The van der Waals surface area contributed by atoms with Crippen LogP contribution >= 0.6 is 0 Å². The van der Waals surface area contributed by atoms with E-state index in [0.29, 0.717) is 18.2 Å². The Morgan fingerprint density at radius 1 is 1.35 bits per heavy atom. The Labute approximate surface area is 121 Å². The topological polar surface area (TPSA) is 47.3 Å². The molecule has 3 unspecified atom stereocenters. The zero-order valence-corrected chi connectivity index (χ0v) is 12.4. The van der Waals surface area contributed by atoms with Gasteiger partial charge in [-0.2, -0.15) is 5.26 Å². The fraction of sp³-hybridized carbons (Fsp3) is 0.588. The first-order chi connectivity index (χ1) is 9.60. The molecular formula is C17H24N2O. The van der Waals surface area contributed by atoms with Crippen LogP contribution in [0.1, 0.15) is 49.8 Å². The SMILES string of the molecule is CC1CCCC(N(C)CC(O)c2ccc(C#N)cc2)C1. The molecule has 0 spiro atoms. The Bertz CT molecular complexity index is 463. The van der Waals surface area contributed by atoms with Gasteiger partial charge in [0.15, 0.2) is 0 Å². The van der Waals surface area contributed by atoms with Crippen LogP contribution in [0.2, 0.25) is 0 Å². The van der Waals surface area contributed by atoms with E-state index in [4.69, 9.17) is 5.26 Å². The maximum absolute atomic E-state index is 10.3. The van der Waals surface area contributed by atoms with Crippen molar-refractivity contribution in [2.75, 3.05) is 13.6 Å². The van der Waals surface area contributed by atoms with Gasteiger partial charge in [-0.1, -0.05) is 31.9 Å². The second kappa shape index (κ2) is 6.88. The van der Waals surface area contributed by atoms with Gasteiger partial charge in [0.05, 0.1) is 17.7 Å². The zero-order valence-electron chi connectivity index (χ0n) is 12.4. The lowest BCUT2D eigenvalue weighted by atomic mass is 9.86. The minimum absolute atomic E-state index is 0.482. The van der Waals surface area contributed by atoms with Gasteiger partial charge >= 0.3 is 0 Å². The highest BCUT2D eigenvalue weighted by atomic mass is 16.3. The minimum Gasteiger partial charge on any atom is -0.387 e. The lowest BCUT2D eigenvalue weighted by Crippen LogP contribution is -2.38. The van der Waals surface area contributed by atoms with Crippen molar-refractivity contribution < 1.29 is 5.11 Å². The van der Waals surface area contributed by atoms with Gasteiger partial charge in [-0.3, -0.25) is 0 Å². The average molecular weight is 272 g/mol. The molecule has 1 aromatic carbocycles. The number of hydrogen-bond donors (Lipinski definition) is 1. The summed E-state index contributed by atoms with van der Waals surface area (Å²) in [5, 5.41) is 19.1. The van der Waals surface area contributed by atoms with Gasteiger partial charge in [-0.15, -0.1) is 0 Å². The highest BCUT2D eigenvalue weighted by Gasteiger charge is 2.23.